The van der Waals surface area contributed by atoms with Crippen LogP contribution in [0.15, 0.2) is 36.4 Å². The first kappa shape index (κ1) is 14.3. The number of aryl methyl sites for hydroxylation is 1. The fourth-order valence-corrected chi connectivity index (χ4v) is 2.60. The van der Waals surface area contributed by atoms with Crippen LogP contribution < -0.4 is 5.32 Å². The average Bonchev–Trinajstić information content (AvgIpc) is 2.38. The standard InChI is InChI=1S/C15H16Cl2N2/c1-10-5-3-8-14(19-10)15(18-2)9-11-12(16)6-4-7-13(11)17/h3-8,15,18H,9H2,1-2H3. The Kier molecular flexibility index (Phi) is 4.81. The third-order valence-electron chi connectivity index (χ3n) is 3.09. The van der Waals surface area contributed by atoms with E-state index in [4.69, 9.17) is 23.2 Å². The third kappa shape index (κ3) is 3.47. The molecule has 1 N–H and O–H groups in total. The van der Waals surface area contributed by atoms with Crippen molar-refractivity contribution in [2.75, 3.05) is 7.05 Å². The maximum Gasteiger partial charge on any atom is 0.0579 e. The summed E-state index contributed by atoms with van der Waals surface area (Å²) in [6.07, 6.45) is 0.714. The Morgan fingerprint density at radius 2 is 1.74 bits per heavy atom. The van der Waals surface area contributed by atoms with Gasteiger partial charge in [0.05, 0.1) is 11.7 Å². The van der Waals surface area contributed by atoms with E-state index in [0.717, 1.165) is 17.0 Å². The number of nitrogens with zero attached hydrogens (tertiary/aromatic N) is 1. The number of hydrogen-bond acceptors (Lipinski definition) is 2. The van der Waals surface area contributed by atoms with Crippen molar-refractivity contribution in [3.05, 3.63) is 63.4 Å². The van der Waals surface area contributed by atoms with Crippen LogP contribution >= 0.6 is 23.2 Å². The highest BCUT2D eigenvalue weighted by molar-refractivity contribution is 6.36. The number of aromatic nitrogens is 1. The van der Waals surface area contributed by atoms with Crippen LogP contribution in [0.3, 0.4) is 0 Å². The van der Waals surface area contributed by atoms with Gasteiger partial charge >= 0.3 is 0 Å². The Morgan fingerprint density at radius 3 is 2.32 bits per heavy atom. The molecule has 2 aromatic rings. The minimum Gasteiger partial charge on any atom is -0.311 e. The Bertz CT molecular complexity index is 550. The Labute approximate surface area is 123 Å². The maximum atomic E-state index is 6.22. The molecule has 1 aromatic carbocycles. The molecule has 100 valence electrons. The Morgan fingerprint density at radius 1 is 1.11 bits per heavy atom. The second-order valence-corrected chi connectivity index (χ2v) is 5.26. The molecule has 1 aromatic heterocycles. The van der Waals surface area contributed by atoms with Crippen molar-refractivity contribution in [2.45, 2.75) is 19.4 Å². The van der Waals surface area contributed by atoms with Crippen LogP contribution in [0.1, 0.15) is 23.0 Å². The summed E-state index contributed by atoms with van der Waals surface area (Å²) in [6, 6.07) is 11.7. The van der Waals surface area contributed by atoms with Gasteiger partial charge in [0, 0.05) is 15.7 Å². The molecule has 0 saturated carbocycles. The molecule has 1 atom stereocenters. The quantitative estimate of drug-likeness (QED) is 0.914. The van der Waals surface area contributed by atoms with Crippen molar-refractivity contribution in [3.63, 3.8) is 0 Å². The van der Waals surface area contributed by atoms with E-state index in [-0.39, 0.29) is 6.04 Å². The minimum atomic E-state index is 0.0947. The molecule has 4 heteroatoms. The molecule has 2 nitrogen and oxygen atoms in total. The summed E-state index contributed by atoms with van der Waals surface area (Å²) in [5.74, 6) is 0. The first-order valence-corrected chi connectivity index (χ1v) is 6.91. The van der Waals surface area contributed by atoms with E-state index in [2.05, 4.69) is 10.3 Å². The molecule has 1 unspecified atom stereocenters. The lowest BCUT2D eigenvalue weighted by molar-refractivity contribution is 0.574. The molecule has 0 aliphatic rings. The van der Waals surface area contributed by atoms with Crippen LogP contribution in [0.2, 0.25) is 10.0 Å². The first-order chi connectivity index (χ1) is 9.11. The summed E-state index contributed by atoms with van der Waals surface area (Å²) >= 11 is 12.4. The molecule has 0 spiro atoms. The molecule has 0 aliphatic carbocycles. The molecule has 2 rings (SSSR count). The summed E-state index contributed by atoms with van der Waals surface area (Å²) in [5, 5.41) is 4.66. The number of hydrogen-bond donors (Lipinski definition) is 1. The molecular weight excluding hydrogens is 279 g/mol. The van der Waals surface area contributed by atoms with E-state index in [9.17, 15) is 0 Å². The monoisotopic (exact) mass is 294 g/mol. The Hall–Kier alpha value is -1.09. The zero-order valence-electron chi connectivity index (χ0n) is 11.0. The largest absolute Gasteiger partial charge is 0.311 e. The van der Waals surface area contributed by atoms with Gasteiger partial charge in [0.25, 0.3) is 0 Å². The molecule has 0 fully saturated rings. The lowest BCUT2D eigenvalue weighted by atomic mass is 10.0. The van der Waals surface area contributed by atoms with Gasteiger partial charge in [0.2, 0.25) is 0 Å². The molecular formula is C15H16Cl2N2. The smallest absolute Gasteiger partial charge is 0.0579 e. The van der Waals surface area contributed by atoms with Crippen LogP contribution in [0.25, 0.3) is 0 Å². The van der Waals surface area contributed by atoms with Gasteiger partial charge in [-0.15, -0.1) is 0 Å². The number of benzene rings is 1. The fourth-order valence-electron chi connectivity index (χ4n) is 2.04. The van der Waals surface area contributed by atoms with E-state index >= 15 is 0 Å². The van der Waals surface area contributed by atoms with E-state index in [1.54, 1.807) is 0 Å². The van der Waals surface area contributed by atoms with Crippen LogP contribution in [0.5, 0.6) is 0 Å². The van der Waals surface area contributed by atoms with Crippen LogP contribution in [0, 0.1) is 6.92 Å². The molecule has 0 amide bonds. The number of pyridine rings is 1. The van der Waals surface area contributed by atoms with Crippen molar-refractivity contribution in [3.8, 4) is 0 Å². The second-order valence-electron chi connectivity index (χ2n) is 4.45. The van der Waals surface area contributed by atoms with Gasteiger partial charge in [-0.05, 0) is 50.2 Å². The van der Waals surface area contributed by atoms with Crippen LogP contribution in [-0.4, -0.2) is 12.0 Å². The van der Waals surface area contributed by atoms with Gasteiger partial charge in [0.15, 0.2) is 0 Å². The van der Waals surface area contributed by atoms with Gasteiger partial charge in [-0.1, -0.05) is 35.3 Å². The van der Waals surface area contributed by atoms with Crippen molar-refractivity contribution >= 4 is 23.2 Å². The summed E-state index contributed by atoms with van der Waals surface area (Å²) in [5.41, 5.74) is 2.95. The highest BCUT2D eigenvalue weighted by Gasteiger charge is 2.15. The van der Waals surface area contributed by atoms with Gasteiger partial charge in [-0.25, -0.2) is 0 Å². The van der Waals surface area contributed by atoms with Gasteiger partial charge in [0.1, 0.15) is 0 Å². The van der Waals surface area contributed by atoms with Gasteiger partial charge < -0.3 is 5.32 Å². The predicted molar refractivity (Wildman–Crippen MR) is 80.9 cm³/mol. The van der Waals surface area contributed by atoms with E-state index < -0.39 is 0 Å². The first-order valence-electron chi connectivity index (χ1n) is 6.15. The molecule has 0 radical (unpaired) electrons. The summed E-state index contributed by atoms with van der Waals surface area (Å²) < 4.78 is 0. The molecule has 19 heavy (non-hydrogen) atoms. The molecule has 0 bridgehead atoms. The summed E-state index contributed by atoms with van der Waals surface area (Å²) in [7, 11) is 1.92. The highest BCUT2D eigenvalue weighted by Crippen LogP contribution is 2.28. The second kappa shape index (κ2) is 6.38. The minimum absolute atomic E-state index is 0.0947. The number of rotatable bonds is 4. The van der Waals surface area contributed by atoms with Gasteiger partial charge in [-0.2, -0.15) is 0 Å². The highest BCUT2D eigenvalue weighted by atomic mass is 35.5. The molecule has 0 aliphatic heterocycles. The fraction of sp³-hybridized carbons (Fsp3) is 0.267. The van der Waals surface area contributed by atoms with Crippen molar-refractivity contribution in [1.82, 2.24) is 10.3 Å². The normalized spacial score (nSPS) is 12.4. The zero-order chi connectivity index (χ0) is 13.8. The topological polar surface area (TPSA) is 24.9 Å². The SMILES string of the molecule is CNC(Cc1c(Cl)cccc1Cl)c1cccc(C)n1. The molecule has 1 heterocycles. The van der Waals surface area contributed by atoms with E-state index in [1.807, 2.05) is 50.4 Å². The number of halogens is 2. The lowest BCUT2D eigenvalue weighted by Gasteiger charge is -2.17. The summed E-state index contributed by atoms with van der Waals surface area (Å²) in [6.45, 7) is 1.98. The third-order valence-corrected chi connectivity index (χ3v) is 3.79. The van der Waals surface area contributed by atoms with Crippen LogP contribution in [0.4, 0.5) is 0 Å². The molecule has 0 saturated heterocycles. The van der Waals surface area contributed by atoms with Crippen molar-refractivity contribution in [1.29, 1.82) is 0 Å². The maximum absolute atomic E-state index is 6.22. The van der Waals surface area contributed by atoms with E-state index in [1.165, 1.54) is 0 Å². The summed E-state index contributed by atoms with van der Waals surface area (Å²) in [4.78, 5) is 4.55. The predicted octanol–water partition coefficient (Wildman–Crippen LogP) is 4.20. The number of nitrogens with one attached hydrogen (secondary N) is 1. The van der Waals surface area contributed by atoms with Crippen molar-refractivity contribution in [2.24, 2.45) is 0 Å². The zero-order valence-corrected chi connectivity index (χ0v) is 12.5. The van der Waals surface area contributed by atoms with Crippen LogP contribution in [-0.2, 0) is 6.42 Å². The van der Waals surface area contributed by atoms with Gasteiger partial charge in [-0.3, -0.25) is 4.98 Å². The van der Waals surface area contributed by atoms with Crippen molar-refractivity contribution < 1.29 is 0 Å². The Balaban J connectivity index is 2.29. The average molecular weight is 295 g/mol. The number of likely N-dealkylation sites (N-methyl/N-ethyl adjacent to an activating group) is 1. The lowest BCUT2D eigenvalue weighted by Crippen LogP contribution is -2.20. The van der Waals surface area contributed by atoms with E-state index in [0.29, 0.717) is 16.5 Å².